The van der Waals surface area contributed by atoms with E-state index in [1.54, 1.807) is 33.8 Å². The van der Waals surface area contributed by atoms with Crippen LogP contribution >= 0.6 is 0 Å². The summed E-state index contributed by atoms with van der Waals surface area (Å²) < 4.78 is 15.8. The van der Waals surface area contributed by atoms with Crippen molar-refractivity contribution in [3.8, 4) is 0 Å². The second-order valence-electron chi connectivity index (χ2n) is 6.00. The van der Waals surface area contributed by atoms with E-state index in [4.69, 9.17) is 14.2 Å². The quantitative estimate of drug-likeness (QED) is 0.732. The van der Waals surface area contributed by atoms with E-state index in [1.807, 2.05) is 0 Å². The third-order valence-corrected chi connectivity index (χ3v) is 3.47. The summed E-state index contributed by atoms with van der Waals surface area (Å²) in [6, 6.07) is -0.661. The zero-order valence-corrected chi connectivity index (χ0v) is 14.4. The maximum Gasteiger partial charge on any atom is 0.432 e. The monoisotopic (exact) mass is 338 g/mol. The van der Waals surface area contributed by atoms with E-state index in [1.165, 1.54) is 25.3 Å². The maximum absolute atomic E-state index is 12.6. The Balaban J connectivity index is 2.52. The van der Waals surface area contributed by atoms with Crippen molar-refractivity contribution in [1.29, 1.82) is 0 Å². The molecule has 0 spiro atoms. The van der Waals surface area contributed by atoms with Gasteiger partial charge in [0.15, 0.2) is 0 Å². The first kappa shape index (κ1) is 18.0. The highest BCUT2D eigenvalue weighted by molar-refractivity contribution is 6.02. The number of rotatable bonds is 3. The Bertz CT molecular complexity index is 597. The van der Waals surface area contributed by atoms with Crippen LogP contribution in [-0.4, -0.2) is 59.1 Å². The van der Waals surface area contributed by atoms with Crippen LogP contribution in [0, 0.1) is 0 Å². The summed E-state index contributed by atoms with van der Waals surface area (Å²) in [5.41, 5.74) is -1.79. The van der Waals surface area contributed by atoms with Crippen molar-refractivity contribution in [2.75, 3.05) is 7.11 Å². The van der Waals surface area contributed by atoms with Crippen molar-refractivity contribution < 1.29 is 28.6 Å². The first-order chi connectivity index (χ1) is 11.2. The van der Waals surface area contributed by atoms with Crippen molar-refractivity contribution in [2.45, 2.75) is 51.7 Å². The molecule has 8 heteroatoms. The van der Waals surface area contributed by atoms with E-state index in [2.05, 4.69) is 0 Å². The lowest BCUT2D eigenvalue weighted by Gasteiger charge is -2.46. The molecule has 0 fully saturated rings. The number of carbonyl (C=O) groups excluding carboxylic acids is 3. The highest BCUT2D eigenvalue weighted by Gasteiger charge is 2.55. The van der Waals surface area contributed by atoms with E-state index in [0.29, 0.717) is 0 Å². The Kier molecular flexibility index (Phi) is 4.98. The van der Waals surface area contributed by atoms with Gasteiger partial charge < -0.3 is 14.2 Å². The van der Waals surface area contributed by atoms with E-state index in [0.717, 1.165) is 10.0 Å². The van der Waals surface area contributed by atoms with Crippen LogP contribution in [0.25, 0.3) is 0 Å². The zero-order valence-electron chi connectivity index (χ0n) is 14.4. The lowest BCUT2D eigenvalue weighted by Crippen LogP contribution is -2.67. The number of hydrogen-bond donors (Lipinski definition) is 0. The molecule has 0 aromatic carbocycles. The van der Waals surface area contributed by atoms with Crippen LogP contribution in [-0.2, 0) is 19.0 Å². The summed E-state index contributed by atoms with van der Waals surface area (Å²) in [4.78, 5) is 37.7. The largest absolute Gasteiger partial charge is 0.445 e. The number of fused-ring (bicyclic) bond motifs is 2. The van der Waals surface area contributed by atoms with E-state index in [-0.39, 0.29) is 0 Å². The van der Waals surface area contributed by atoms with Gasteiger partial charge in [0.25, 0.3) is 0 Å². The fraction of sp³-hybridized carbons (Fsp3) is 0.562. The minimum atomic E-state index is -1.79. The Hall–Kier alpha value is -2.35. The van der Waals surface area contributed by atoms with Crippen molar-refractivity contribution in [3.63, 3.8) is 0 Å². The molecule has 2 aliphatic heterocycles. The highest BCUT2D eigenvalue weighted by Crippen LogP contribution is 2.34. The fourth-order valence-corrected chi connectivity index (χ4v) is 2.50. The van der Waals surface area contributed by atoms with Gasteiger partial charge in [-0.2, -0.15) is 10.0 Å². The van der Waals surface area contributed by atoms with Crippen molar-refractivity contribution >= 4 is 18.0 Å². The molecule has 2 bridgehead atoms. The number of ketones is 1. The molecule has 0 saturated heterocycles. The van der Waals surface area contributed by atoms with Crippen LogP contribution in [0.1, 0.15) is 27.7 Å². The van der Waals surface area contributed by atoms with Crippen LogP contribution < -0.4 is 0 Å². The molecule has 3 rings (SSSR count). The average Bonchev–Trinajstić information content (AvgIpc) is 2.72. The van der Waals surface area contributed by atoms with Gasteiger partial charge in [-0.1, -0.05) is 12.2 Å². The van der Waals surface area contributed by atoms with Gasteiger partial charge in [-0.25, -0.2) is 9.59 Å². The zero-order chi connectivity index (χ0) is 18.1. The van der Waals surface area contributed by atoms with Crippen LogP contribution in [0.4, 0.5) is 9.59 Å². The second-order valence-corrected chi connectivity index (χ2v) is 6.00. The van der Waals surface area contributed by atoms with E-state index >= 15 is 0 Å². The fourth-order valence-electron chi connectivity index (χ4n) is 2.50. The summed E-state index contributed by atoms with van der Waals surface area (Å²) in [5, 5.41) is 1.92. The van der Waals surface area contributed by atoms with Gasteiger partial charge in [0.2, 0.25) is 11.5 Å². The summed E-state index contributed by atoms with van der Waals surface area (Å²) in [5.74, 6) is -0.496. The number of hydrazine groups is 1. The van der Waals surface area contributed by atoms with E-state index in [9.17, 15) is 14.4 Å². The molecule has 0 aromatic rings. The Labute approximate surface area is 140 Å². The van der Waals surface area contributed by atoms with Crippen LogP contribution in [0.5, 0.6) is 0 Å². The van der Waals surface area contributed by atoms with Gasteiger partial charge in [0.1, 0.15) is 0 Å². The molecule has 24 heavy (non-hydrogen) atoms. The van der Waals surface area contributed by atoms with Crippen molar-refractivity contribution in [3.05, 3.63) is 24.3 Å². The molecule has 2 atom stereocenters. The third kappa shape index (κ3) is 3.01. The summed E-state index contributed by atoms with van der Waals surface area (Å²) in [6.07, 6.45) is 3.34. The topological polar surface area (TPSA) is 85.4 Å². The van der Waals surface area contributed by atoms with E-state index < -0.39 is 41.9 Å². The number of methoxy groups -OCH3 is 1. The van der Waals surface area contributed by atoms with Crippen LogP contribution in [0.3, 0.4) is 0 Å². The molecule has 2 heterocycles. The smallest absolute Gasteiger partial charge is 0.432 e. The molecule has 0 saturated carbocycles. The highest BCUT2D eigenvalue weighted by atomic mass is 16.6. The maximum atomic E-state index is 12.6. The van der Waals surface area contributed by atoms with Crippen LogP contribution in [0.15, 0.2) is 24.3 Å². The normalized spacial score (nSPS) is 25.5. The number of ether oxygens (including phenoxy) is 3. The standard InChI is InChI=1S/C16H22N2O6/c1-10(2)23-14(20)17-12-6-7-13(19)16(22-5,9-8-12)18(17)15(21)24-11(3)4/h6-12H,1-5H3/t12-,16+/m1/s1. The first-order valence-electron chi connectivity index (χ1n) is 7.70. The van der Waals surface area contributed by atoms with Crippen molar-refractivity contribution in [2.24, 2.45) is 0 Å². The lowest BCUT2D eigenvalue weighted by molar-refractivity contribution is -0.185. The Morgan fingerprint density at radius 1 is 1.08 bits per heavy atom. The molecule has 3 aliphatic rings. The molecular formula is C16H22N2O6. The minimum absolute atomic E-state index is 0.399. The number of hydrogen-bond acceptors (Lipinski definition) is 6. The molecule has 132 valence electrons. The molecule has 2 amide bonds. The van der Waals surface area contributed by atoms with Crippen molar-refractivity contribution in [1.82, 2.24) is 10.0 Å². The first-order valence-corrected chi connectivity index (χ1v) is 7.70. The van der Waals surface area contributed by atoms with Gasteiger partial charge >= 0.3 is 12.2 Å². The van der Waals surface area contributed by atoms with Gasteiger partial charge in [0, 0.05) is 7.11 Å². The van der Waals surface area contributed by atoms with Gasteiger partial charge in [0.05, 0.1) is 18.2 Å². The molecule has 0 N–H and O–H groups in total. The second kappa shape index (κ2) is 6.64. The predicted octanol–water partition coefficient (Wildman–Crippen LogP) is 2.02. The summed E-state index contributed by atoms with van der Waals surface area (Å²) >= 11 is 0. The van der Waals surface area contributed by atoms with Gasteiger partial charge in [-0.15, -0.1) is 0 Å². The molecule has 1 aliphatic carbocycles. The van der Waals surface area contributed by atoms with Crippen LogP contribution in [0.2, 0.25) is 0 Å². The lowest BCUT2D eigenvalue weighted by atomic mass is 10.1. The molecule has 8 nitrogen and oxygen atoms in total. The molecule has 0 radical (unpaired) electrons. The Morgan fingerprint density at radius 3 is 2.21 bits per heavy atom. The average molecular weight is 338 g/mol. The molecule has 0 aromatic heterocycles. The SMILES string of the molecule is CO[C@@]12C=C[C@@H](C=CC1=O)N(C(=O)OC(C)C)N2C(=O)OC(C)C. The predicted molar refractivity (Wildman–Crippen MR) is 83.7 cm³/mol. The molecular weight excluding hydrogens is 316 g/mol. The summed E-state index contributed by atoms with van der Waals surface area (Å²) in [6.45, 7) is 6.71. The minimum Gasteiger partial charge on any atom is -0.445 e. The van der Waals surface area contributed by atoms with Gasteiger partial charge in [-0.05, 0) is 39.8 Å². The number of amides is 2. The Morgan fingerprint density at radius 2 is 1.67 bits per heavy atom. The number of carbonyl (C=O) groups is 3. The number of nitrogens with zero attached hydrogens (tertiary/aromatic N) is 2. The summed E-state index contributed by atoms with van der Waals surface area (Å²) in [7, 11) is 1.28. The van der Waals surface area contributed by atoms with Gasteiger partial charge in [-0.3, -0.25) is 4.79 Å². The molecule has 0 unspecified atom stereocenters. The third-order valence-electron chi connectivity index (χ3n) is 3.47.